The fourth-order valence-electron chi connectivity index (χ4n) is 1.12. The second-order valence-corrected chi connectivity index (χ2v) is 3.86. The van der Waals surface area contributed by atoms with Crippen LogP contribution in [-0.4, -0.2) is 26.0 Å². The molecule has 0 amide bonds. The van der Waals surface area contributed by atoms with Gasteiger partial charge in [-0.3, -0.25) is 4.98 Å². The van der Waals surface area contributed by atoms with Crippen molar-refractivity contribution in [2.45, 2.75) is 10.1 Å². The van der Waals surface area contributed by atoms with E-state index in [4.69, 9.17) is 10.9 Å². The number of rotatable bonds is 3. The third kappa shape index (κ3) is 2.14. The number of aromatic nitrogens is 3. The molecule has 0 fully saturated rings. The van der Waals surface area contributed by atoms with Gasteiger partial charge in [-0.15, -0.1) is 0 Å². The van der Waals surface area contributed by atoms with Crippen molar-refractivity contribution in [2.24, 2.45) is 10.9 Å². The maximum Gasteiger partial charge on any atom is 0.189 e. The molecule has 2 rings (SSSR count). The normalized spacial score (nSPS) is 11.6. The maximum atomic E-state index is 8.63. The topological polar surface area (TPSA) is 100 Å². The largest absolute Gasteiger partial charge is 0.409 e. The predicted molar refractivity (Wildman–Crippen MR) is 59.5 cm³/mol. The molecule has 82 valence electrons. The first-order chi connectivity index (χ1) is 7.81. The Balaban J connectivity index is 2.34. The maximum absolute atomic E-state index is 8.63. The molecule has 0 saturated carbocycles. The van der Waals surface area contributed by atoms with E-state index in [1.54, 1.807) is 24.7 Å². The minimum atomic E-state index is -0.0188. The minimum Gasteiger partial charge on any atom is -0.409 e. The quantitative estimate of drug-likeness (QED) is 0.319. The molecule has 2 aromatic rings. The molecule has 4 N–H and O–H groups in total. The molecule has 0 radical (unpaired) electrons. The first kappa shape index (κ1) is 10.5. The zero-order valence-electron chi connectivity index (χ0n) is 8.16. The molecule has 0 aliphatic rings. The summed E-state index contributed by atoms with van der Waals surface area (Å²) in [6, 6.07) is 3.60. The average Bonchev–Trinajstić information content (AvgIpc) is 2.82. The second-order valence-electron chi connectivity index (χ2n) is 2.83. The van der Waals surface area contributed by atoms with Gasteiger partial charge in [0.15, 0.2) is 11.0 Å². The molecule has 7 heteroatoms. The zero-order valence-corrected chi connectivity index (χ0v) is 8.98. The molecule has 0 aliphatic carbocycles. The van der Waals surface area contributed by atoms with Gasteiger partial charge >= 0.3 is 0 Å². The number of nitrogens with zero attached hydrogens (tertiary/aromatic N) is 3. The lowest BCUT2D eigenvalue weighted by molar-refractivity contribution is 0.318. The number of hydrogen-bond donors (Lipinski definition) is 3. The van der Waals surface area contributed by atoms with Gasteiger partial charge in [0.1, 0.15) is 5.69 Å². The molecule has 0 atom stereocenters. The molecule has 16 heavy (non-hydrogen) atoms. The highest BCUT2D eigenvalue weighted by Gasteiger charge is 2.10. The van der Waals surface area contributed by atoms with E-state index < -0.39 is 0 Å². The van der Waals surface area contributed by atoms with Crippen molar-refractivity contribution in [3.63, 3.8) is 0 Å². The lowest BCUT2D eigenvalue weighted by Gasteiger charge is -2.04. The minimum absolute atomic E-state index is 0.0188. The van der Waals surface area contributed by atoms with Crippen molar-refractivity contribution >= 4 is 17.6 Å². The van der Waals surface area contributed by atoms with E-state index in [1.807, 2.05) is 6.07 Å². The summed E-state index contributed by atoms with van der Waals surface area (Å²) >= 11 is 1.36. The Morgan fingerprint density at radius 2 is 2.31 bits per heavy atom. The average molecular weight is 235 g/mol. The number of pyridine rings is 1. The van der Waals surface area contributed by atoms with E-state index in [0.29, 0.717) is 5.69 Å². The fourth-order valence-corrected chi connectivity index (χ4v) is 1.97. The number of nitrogens with one attached hydrogen (secondary N) is 1. The van der Waals surface area contributed by atoms with Crippen LogP contribution in [-0.2, 0) is 0 Å². The summed E-state index contributed by atoms with van der Waals surface area (Å²) < 4.78 is 0. The Bertz CT molecular complexity index is 496. The van der Waals surface area contributed by atoms with E-state index in [1.165, 1.54) is 11.8 Å². The van der Waals surface area contributed by atoms with E-state index >= 15 is 0 Å². The Hall–Kier alpha value is -2.02. The molecule has 0 aliphatic heterocycles. The first-order valence-electron chi connectivity index (χ1n) is 4.41. The molecule has 0 bridgehead atoms. The van der Waals surface area contributed by atoms with Crippen LogP contribution in [0.3, 0.4) is 0 Å². The van der Waals surface area contributed by atoms with Gasteiger partial charge in [0.05, 0.1) is 0 Å². The Morgan fingerprint density at radius 1 is 1.44 bits per heavy atom. The molecule has 0 spiro atoms. The highest BCUT2D eigenvalue weighted by molar-refractivity contribution is 7.99. The summed E-state index contributed by atoms with van der Waals surface area (Å²) in [5.41, 5.74) is 5.95. The van der Waals surface area contributed by atoms with E-state index in [9.17, 15) is 0 Å². The highest BCUT2D eigenvalue weighted by Crippen LogP contribution is 2.26. The van der Waals surface area contributed by atoms with E-state index in [-0.39, 0.29) is 5.84 Å². The predicted octanol–water partition coefficient (Wildman–Crippen LogP) is 1.05. The van der Waals surface area contributed by atoms with Crippen molar-refractivity contribution in [2.75, 3.05) is 0 Å². The summed E-state index contributed by atoms with van der Waals surface area (Å²) in [5.74, 6) is -0.0188. The molecule has 2 heterocycles. The van der Waals surface area contributed by atoms with E-state index in [0.717, 1.165) is 10.1 Å². The molecule has 0 unspecified atom stereocenters. The monoisotopic (exact) mass is 235 g/mol. The van der Waals surface area contributed by atoms with Gasteiger partial charge in [-0.25, -0.2) is 4.98 Å². The van der Waals surface area contributed by atoms with Gasteiger partial charge in [0, 0.05) is 23.5 Å². The molecular weight excluding hydrogens is 226 g/mol. The third-order valence-corrected chi connectivity index (χ3v) is 2.77. The van der Waals surface area contributed by atoms with Crippen LogP contribution >= 0.6 is 11.8 Å². The van der Waals surface area contributed by atoms with Crippen LogP contribution in [0.1, 0.15) is 5.69 Å². The summed E-state index contributed by atoms with van der Waals surface area (Å²) in [7, 11) is 0. The van der Waals surface area contributed by atoms with Crippen LogP contribution in [0.2, 0.25) is 0 Å². The van der Waals surface area contributed by atoms with Crippen molar-refractivity contribution in [3.05, 3.63) is 36.4 Å². The van der Waals surface area contributed by atoms with Crippen LogP contribution in [0.15, 0.2) is 45.9 Å². The van der Waals surface area contributed by atoms with Crippen molar-refractivity contribution in [3.8, 4) is 0 Å². The Labute approximate surface area is 95.6 Å². The van der Waals surface area contributed by atoms with Crippen LogP contribution in [0.5, 0.6) is 0 Å². The summed E-state index contributed by atoms with van der Waals surface area (Å²) in [6.07, 6.45) is 4.96. The molecule has 6 nitrogen and oxygen atoms in total. The van der Waals surface area contributed by atoms with Crippen LogP contribution in [0.4, 0.5) is 0 Å². The molecule has 0 aromatic carbocycles. The summed E-state index contributed by atoms with van der Waals surface area (Å²) in [5, 5.41) is 12.3. The van der Waals surface area contributed by atoms with Crippen LogP contribution in [0.25, 0.3) is 0 Å². The number of oxime groups is 1. The SMILES string of the molecule is N/C(=N/O)c1ncccc1Sc1ncc[nH]1. The van der Waals surface area contributed by atoms with E-state index in [2.05, 4.69) is 20.1 Å². The second kappa shape index (κ2) is 4.67. The summed E-state index contributed by atoms with van der Waals surface area (Å²) in [6.45, 7) is 0. The van der Waals surface area contributed by atoms with Crippen molar-refractivity contribution in [1.29, 1.82) is 0 Å². The van der Waals surface area contributed by atoms with Gasteiger partial charge in [-0.2, -0.15) is 0 Å². The Kier molecular flexibility index (Phi) is 3.06. The van der Waals surface area contributed by atoms with Crippen molar-refractivity contribution in [1.82, 2.24) is 15.0 Å². The van der Waals surface area contributed by atoms with Crippen LogP contribution in [0, 0.1) is 0 Å². The highest BCUT2D eigenvalue weighted by atomic mass is 32.2. The number of nitrogens with two attached hydrogens (primary N) is 1. The standard InChI is InChI=1S/C9H9N5OS/c10-8(14-15)7-6(2-1-3-11-7)16-9-12-4-5-13-9/h1-5,15H,(H2,10,14)(H,12,13). The lowest BCUT2D eigenvalue weighted by atomic mass is 10.3. The smallest absolute Gasteiger partial charge is 0.189 e. The molecule has 2 aromatic heterocycles. The third-order valence-electron chi connectivity index (χ3n) is 1.80. The number of amidine groups is 1. The van der Waals surface area contributed by atoms with Gasteiger partial charge in [0.25, 0.3) is 0 Å². The van der Waals surface area contributed by atoms with Gasteiger partial charge in [-0.1, -0.05) is 5.16 Å². The number of aromatic amines is 1. The molecule has 0 saturated heterocycles. The van der Waals surface area contributed by atoms with Crippen LogP contribution < -0.4 is 5.73 Å². The number of H-pyrrole nitrogens is 1. The Morgan fingerprint density at radius 3 is 3.00 bits per heavy atom. The number of hydrogen-bond acceptors (Lipinski definition) is 5. The zero-order chi connectivity index (χ0) is 11.4. The van der Waals surface area contributed by atoms with Crippen molar-refractivity contribution < 1.29 is 5.21 Å². The number of imidazole rings is 1. The molecular formula is C9H9N5OS. The summed E-state index contributed by atoms with van der Waals surface area (Å²) in [4.78, 5) is 11.8. The van der Waals surface area contributed by atoms with Gasteiger partial charge in [-0.05, 0) is 23.9 Å². The van der Waals surface area contributed by atoms with Gasteiger partial charge < -0.3 is 15.9 Å². The first-order valence-corrected chi connectivity index (χ1v) is 5.23. The lowest BCUT2D eigenvalue weighted by Crippen LogP contribution is -2.16. The fraction of sp³-hybridized carbons (Fsp3) is 0. The van der Waals surface area contributed by atoms with Gasteiger partial charge in [0.2, 0.25) is 0 Å².